The van der Waals surface area contributed by atoms with Gasteiger partial charge in [0.2, 0.25) is 12.3 Å². The van der Waals surface area contributed by atoms with Gasteiger partial charge in [0.1, 0.15) is 24.0 Å². The first kappa shape index (κ1) is 20.0. The molecule has 0 bridgehead atoms. The predicted molar refractivity (Wildman–Crippen MR) is 95.3 cm³/mol. The number of carbonyl (C=O) groups is 2. The molecular formula is C18H21N3O7. The Hall–Kier alpha value is -2.79. The third-order valence-corrected chi connectivity index (χ3v) is 4.54. The van der Waals surface area contributed by atoms with Gasteiger partial charge in [0.25, 0.3) is 0 Å². The Labute approximate surface area is 160 Å². The second kappa shape index (κ2) is 8.48. The largest absolute Gasteiger partial charge is 0.394 e. The quantitative estimate of drug-likeness (QED) is 0.412. The monoisotopic (exact) mass is 391 g/mol. The van der Waals surface area contributed by atoms with Crippen LogP contribution in [0.15, 0.2) is 41.1 Å². The van der Waals surface area contributed by atoms with Crippen LogP contribution in [0.25, 0.3) is 11.0 Å². The lowest BCUT2D eigenvalue weighted by atomic mass is 10.1. The number of para-hydroxylation sites is 1. The van der Waals surface area contributed by atoms with Crippen molar-refractivity contribution in [3.63, 3.8) is 0 Å². The zero-order chi connectivity index (χ0) is 20.3. The smallest absolute Gasteiger partial charge is 0.248 e. The van der Waals surface area contributed by atoms with Crippen LogP contribution in [0, 0.1) is 0 Å². The van der Waals surface area contributed by atoms with Crippen LogP contribution in [0.2, 0.25) is 0 Å². The first-order chi connectivity index (χ1) is 13.5. The molecule has 0 spiro atoms. The number of amides is 2. The maximum atomic E-state index is 12.4. The molecule has 2 aromatic rings. The highest BCUT2D eigenvalue weighted by molar-refractivity contribution is 5.88. The first-order valence-electron chi connectivity index (χ1n) is 8.58. The fourth-order valence-corrected chi connectivity index (χ4v) is 2.94. The molecule has 2 heterocycles. The highest BCUT2D eigenvalue weighted by Crippen LogP contribution is 2.23. The molecule has 150 valence electrons. The van der Waals surface area contributed by atoms with E-state index in [-0.39, 0.29) is 6.54 Å². The zero-order valence-corrected chi connectivity index (χ0v) is 15.1. The molecule has 1 saturated heterocycles. The molecule has 4 unspecified atom stereocenters. The Kier molecular flexibility index (Phi) is 6.05. The Morgan fingerprint density at radius 2 is 2.04 bits per heavy atom. The van der Waals surface area contributed by atoms with Gasteiger partial charge < -0.3 is 29.5 Å². The lowest BCUT2D eigenvalue weighted by Crippen LogP contribution is -2.41. The third kappa shape index (κ3) is 3.90. The van der Waals surface area contributed by atoms with Gasteiger partial charge in [-0.05, 0) is 12.1 Å². The van der Waals surface area contributed by atoms with Crippen molar-refractivity contribution in [1.82, 2.24) is 15.0 Å². The molecule has 2 amide bonds. The van der Waals surface area contributed by atoms with Crippen LogP contribution in [-0.4, -0.2) is 80.8 Å². The third-order valence-electron chi connectivity index (χ3n) is 4.54. The number of hydrogen-bond donors (Lipinski definition) is 3. The SMILES string of the molecule is CN(Cc1noc2ccccc12)C(=O)/C=C\N(C=O)C1OC(CO)C(O)C1O. The number of aliphatic hydroxyl groups is 3. The summed E-state index contributed by atoms with van der Waals surface area (Å²) in [6.07, 6.45) is -2.35. The Bertz CT molecular complexity index is 868. The molecule has 1 aliphatic heterocycles. The van der Waals surface area contributed by atoms with E-state index >= 15 is 0 Å². The van der Waals surface area contributed by atoms with Crippen LogP contribution < -0.4 is 0 Å². The number of fused-ring (bicyclic) bond motifs is 1. The van der Waals surface area contributed by atoms with Gasteiger partial charge in [0.15, 0.2) is 11.8 Å². The van der Waals surface area contributed by atoms with Gasteiger partial charge in [-0.25, -0.2) is 0 Å². The number of rotatable bonds is 7. The van der Waals surface area contributed by atoms with E-state index in [1.165, 1.54) is 4.90 Å². The maximum Gasteiger partial charge on any atom is 0.248 e. The normalized spacial score (nSPS) is 24.7. The zero-order valence-electron chi connectivity index (χ0n) is 15.1. The Morgan fingerprint density at radius 3 is 2.71 bits per heavy atom. The summed E-state index contributed by atoms with van der Waals surface area (Å²) in [4.78, 5) is 26.0. The van der Waals surface area contributed by atoms with Crippen molar-refractivity contribution >= 4 is 23.3 Å². The first-order valence-corrected chi connectivity index (χ1v) is 8.58. The van der Waals surface area contributed by atoms with Gasteiger partial charge >= 0.3 is 0 Å². The van der Waals surface area contributed by atoms with Crippen LogP contribution >= 0.6 is 0 Å². The number of carbonyl (C=O) groups excluding carboxylic acids is 2. The number of aromatic nitrogens is 1. The van der Waals surface area contributed by atoms with Crippen LogP contribution in [-0.2, 0) is 20.9 Å². The summed E-state index contributed by atoms with van der Waals surface area (Å²) >= 11 is 0. The summed E-state index contributed by atoms with van der Waals surface area (Å²) in [6.45, 7) is -0.326. The summed E-state index contributed by atoms with van der Waals surface area (Å²) < 4.78 is 10.5. The van der Waals surface area contributed by atoms with Crippen molar-refractivity contribution in [1.29, 1.82) is 0 Å². The van der Waals surface area contributed by atoms with E-state index in [2.05, 4.69) is 5.16 Å². The molecule has 1 fully saturated rings. The Morgan fingerprint density at radius 1 is 1.29 bits per heavy atom. The highest BCUT2D eigenvalue weighted by Gasteiger charge is 2.44. The van der Waals surface area contributed by atoms with Crippen molar-refractivity contribution in [2.75, 3.05) is 13.7 Å². The van der Waals surface area contributed by atoms with Crippen LogP contribution in [0.1, 0.15) is 5.69 Å². The van der Waals surface area contributed by atoms with E-state index in [1.807, 2.05) is 18.2 Å². The molecule has 1 aromatic heterocycles. The lowest BCUT2D eigenvalue weighted by Gasteiger charge is -2.23. The number of aliphatic hydroxyl groups excluding tert-OH is 3. The van der Waals surface area contributed by atoms with E-state index in [0.717, 1.165) is 22.6 Å². The van der Waals surface area contributed by atoms with Crippen LogP contribution in [0.3, 0.4) is 0 Å². The number of hydrogen-bond acceptors (Lipinski definition) is 8. The summed E-state index contributed by atoms with van der Waals surface area (Å²) in [7, 11) is 1.56. The van der Waals surface area contributed by atoms with Crippen molar-refractivity contribution in [3.8, 4) is 0 Å². The van der Waals surface area contributed by atoms with E-state index in [9.17, 15) is 19.8 Å². The maximum absolute atomic E-state index is 12.4. The predicted octanol–water partition coefficient (Wildman–Crippen LogP) is -0.803. The molecule has 10 nitrogen and oxygen atoms in total. The minimum atomic E-state index is -1.42. The second-order valence-electron chi connectivity index (χ2n) is 6.42. The summed E-state index contributed by atoms with van der Waals surface area (Å²) in [5.41, 5.74) is 1.21. The van der Waals surface area contributed by atoms with E-state index in [0.29, 0.717) is 17.7 Å². The standard InChI is InChI=1S/C18H21N3O7/c1-20(8-12-11-4-2-3-5-13(11)28-19-12)15(24)6-7-21(10-23)18-17(26)16(25)14(9-22)27-18/h2-7,10,14,16-18,22,25-26H,8-9H2,1H3/b7-6-. The number of benzene rings is 1. The van der Waals surface area contributed by atoms with E-state index in [1.54, 1.807) is 13.1 Å². The van der Waals surface area contributed by atoms with Crippen LogP contribution in [0.4, 0.5) is 0 Å². The summed E-state index contributed by atoms with van der Waals surface area (Å²) in [5, 5.41) is 33.6. The molecular weight excluding hydrogens is 370 g/mol. The molecule has 3 rings (SSSR count). The molecule has 1 aromatic carbocycles. The van der Waals surface area contributed by atoms with Gasteiger partial charge in [-0.1, -0.05) is 17.3 Å². The van der Waals surface area contributed by atoms with Gasteiger partial charge in [-0.15, -0.1) is 0 Å². The summed E-state index contributed by atoms with van der Waals surface area (Å²) in [5.74, 6) is -0.425. The molecule has 28 heavy (non-hydrogen) atoms. The number of likely N-dealkylation sites (N-methyl/N-ethyl adjacent to an activating group) is 1. The molecule has 4 atom stereocenters. The van der Waals surface area contributed by atoms with E-state index < -0.39 is 37.1 Å². The molecule has 10 heteroatoms. The number of ether oxygens (including phenoxy) is 1. The lowest BCUT2D eigenvalue weighted by molar-refractivity contribution is -0.133. The van der Waals surface area contributed by atoms with Gasteiger partial charge in [0, 0.05) is 24.7 Å². The van der Waals surface area contributed by atoms with E-state index in [4.69, 9.17) is 14.4 Å². The van der Waals surface area contributed by atoms with Crippen molar-refractivity contribution in [2.45, 2.75) is 31.1 Å². The average Bonchev–Trinajstić information content (AvgIpc) is 3.24. The highest BCUT2D eigenvalue weighted by atomic mass is 16.6. The van der Waals surface area contributed by atoms with Gasteiger partial charge in [-0.3, -0.25) is 14.5 Å². The molecule has 0 aliphatic carbocycles. The fourth-order valence-electron chi connectivity index (χ4n) is 2.94. The minimum Gasteiger partial charge on any atom is -0.394 e. The topological polar surface area (TPSA) is 137 Å². The fraction of sp³-hybridized carbons (Fsp3) is 0.389. The Balaban J connectivity index is 1.65. The average molecular weight is 391 g/mol. The van der Waals surface area contributed by atoms with Crippen LogP contribution in [0.5, 0.6) is 0 Å². The summed E-state index contributed by atoms with van der Waals surface area (Å²) in [6, 6.07) is 7.27. The van der Waals surface area contributed by atoms with Gasteiger partial charge in [-0.2, -0.15) is 0 Å². The molecule has 0 saturated carbocycles. The minimum absolute atomic E-state index is 0.190. The molecule has 1 aliphatic rings. The molecule has 0 radical (unpaired) electrons. The number of nitrogens with zero attached hydrogens (tertiary/aromatic N) is 3. The van der Waals surface area contributed by atoms with Crippen molar-refractivity contribution in [3.05, 3.63) is 42.2 Å². The van der Waals surface area contributed by atoms with Gasteiger partial charge in [0.05, 0.1) is 13.2 Å². The molecule has 3 N–H and O–H groups in total. The van der Waals surface area contributed by atoms with Crippen molar-refractivity contribution < 1.29 is 34.2 Å². The second-order valence-corrected chi connectivity index (χ2v) is 6.42. The van der Waals surface area contributed by atoms with Crippen molar-refractivity contribution in [2.24, 2.45) is 0 Å².